The molecule has 0 spiro atoms. The Bertz CT molecular complexity index is 597. The molecule has 0 aliphatic carbocycles. The van der Waals surface area contributed by atoms with E-state index in [4.69, 9.17) is 5.11 Å². The van der Waals surface area contributed by atoms with Crippen LogP contribution in [0.3, 0.4) is 0 Å². The second-order valence-corrected chi connectivity index (χ2v) is 3.96. The molecule has 5 nitrogen and oxygen atoms in total. The summed E-state index contributed by atoms with van der Waals surface area (Å²) >= 11 is 0. The minimum absolute atomic E-state index is 0.0353. The van der Waals surface area contributed by atoms with Crippen LogP contribution in [0, 0.1) is 0 Å². The molecule has 0 saturated carbocycles. The molecule has 1 aromatic heterocycles. The van der Waals surface area contributed by atoms with Gasteiger partial charge in [-0.15, -0.1) is 0 Å². The normalized spacial score (nSPS) is 10.2. The number of Topliss-reactive ketones (excluding diaryl/α,β-unsaturated/α-hetero) is 2. The number of ketones is 2. The van der Waals surface area contributed by atoms with E-state index in [-0.39, 0.29) is 18.0 Å². The SMILES string of the molecule is O=C(C[n+]1ccncc1C(=O)CO)c1ccccc1. The van der Waals surface area contributed by atoms with Gasteiger partial charge in [0.05, 0.1) is 6.20 Å². The second-order valence-electron chi connectivity index (χ2n) is 3.96. The van der Waals surface area contributed by atoms with E-state index in [2.05, 4.69) is 4.98 Å². The van der Waals surface area contributed by atoms with Crippen molar-refractivity contribution < 1.29 is 19.3 Å². The Hall–Kier alpha value is -2.40. The summed E-state index contributed by atoms with van der Waals surface area (Å²) in [7, 11) is 0. The lowest BCUT2D eigenvalue weighted by atomic mass is 10.1. The maximum atomic E-state index is 12.1. The highest BCUT2D eigenvalue weighted by atomic mass is 16.3. The van der Waals surface area contributed by atoms with Gasteiger partial charge < -0.3 is 5.11 Å². The monoisotopic (exact) mass is 257 g/mol. The number of aromatic nitrogens is 2. The number of hydrogen-bond donors (Lipinski definition) is 1. The molecule has 0 amide bonds. The van der Waals surface area contributed by atoms with Crippen LogP contribution in [0.5, 0.6) is 0 Å². The van der Waals surface area contributed by atoms with Crippen LogP contribution in [0.1, 0.15) is 20.8 Å². The number of aliphatic hydroxyl groups is 1. The van der Waals surface area contributed by atoms with Gasteiger partial charge in [0.1, 0.15) is 12.8 Å². The van der Waals surface area contributed by atoms with Gasteiger partial charge in [-0.25, -0.2) is 0 Å². The van der Waals surface area contributed by atoms with Crippen LogP contribution in [0.2, 0.25) is 0 Å². The number of hydrogen-bond acceptors (Lipinski definition) is 4. The number of carbonyl (C=O) groups excluding carboxylic acids is 2. The molecule has 5 heteroatoms. The van der Waals surface area contributed by atoms with Crippen LogP contribution >= 0.6 is 0 Å². The molecule has 2 rings (SSSR count). The second kappa shape index (κ2) is 5.97. The van der Waals surface area contributed by atoms with Crippen molar-refractivity contribution in [2.45, 2.75) is 6.54 Å². The summed E-state index contributed by atoms with van der Waals surface area (Å²) in [5, 5.41) is 8.89. The highest BCUT2D eigenvalue weighted by Crippen LogP contribution is 2.00. The molecule has 1 heterocycles. The van der Waals surface area contributed by atoms with Gasteiger partial charge in [-0.2, -0.15) is 4.57 Å². The minimum Gasteiger partial charge on any atom is -0.388 e. The third kappa shape index (κ3) is 3.08. The Balaban J connectivity index is 2.25. The standard InChI is InChI=1S/C14H13N2O3/c17-10-14(19)12-8-15-6-7-16(12)9-13(18)11-4-2-1-3-5-11/h1-8,17H,9-10H2/q+1. The molecule has 96 valence electrons. The van der Waals surface area contributed by atoms with E-state index in [1.807, 2.05) is 6.07 Å². The van der Waals surface area contributed by atoms with Gasteiger partial charge in [0, 0.05) is 5.56 Å². The molecule has 1 N–H and O–H groups in total. The van der Waals surface area contributed by atoms with Crippen molar-refractivity contribution in [1.29, 1.82) is 0 Å². The highest BCUT2D eigenvalue weighted by molar-refractivity contribution is 5.96. The van der Waals surface area contributed by atoms with E-state index >= 15 is 0 Å². The smallest absolute Gasteiger partial charge is 0.270 e. The molecule has 0 bridgehead atoms. The van der Waals surface area contributed by atoms with E-state index in [1.54, 1.807) is 30.5 Å². The van der Waals surface area contributed by atoms with Crippen molar-refractivity contribution in [3.8, 4) is 0 Å². The fourth-order valence-electron chi connectivity index (χ4n) is 1.71. The molecule has 1 aromatic carbocycles. The number of benzene rings is 1. The molecular formula is C14H13N2O3+. The number of rotatable bonds is 5. The lowest BCUT2D eigenvalue weighted by molar-refractivity contribution is -0.685. The first-order valence-electron chi connectivity index (χ1n) is 5.78. The van der Waals surface area contributed by atoms with E-state index in [9.17, 15) is 9.59 Å². The summed E-state index contributed by atoms with van der Waals surface area (Å²) in [6.07, 6.45) is 4.38. The molecule has 0 aliphatic rings. The van der Waals surface area contributed by atoms with Crippen LogP contribution in [0.4, 0.5) is 0 Å². The van der Waals surface area contributed by atoms with Crippen LogP contribution in [-0.4, -0.2) is 28.3 Å². The summed E-state index contributed by atoms with van der Waals surface area (Å²) in [5.74, 6) is -0.572. The Morgan fingerprint density at radius 1 is 1.16 bits per heavy atom. The van der Waals surface area contributed by atoms with Crippen LogP contribution in [-0.2, 0) is 6.54 Å². The van der Waals surface area contributed by atoms with Gasteiger partial charge in [0.25, 0.3) is 11.5 Å². The molecule has 2 aromatic rings. The lowest BCUT2D eigenvalue weighted by Crippen LogP contribution is -2.44. The number of nitrogens with zero attached hydrogens (tertiary/aromatic N) is 2. The Morgan fingerprint density at radius 3 is 2.58 bits per heavy atom. The van der Waals surface area contributed by atoms with Gasteiger partial charge in [-0.1, -0.05) is 30.3 Å². The highest BCUT2D eigenvalue weighted by Gasteiger charge is 2.21. The largest absolute Gasteiger partial charge is 0.388 e. The molecule has 0 atom stereocenters. The van der Waals surface area contributed by atoms with E-state index in [0.29, 0.717) is 5.56 Å². The zero-order chi connectivity index (χ0) is 13.7. The predicted octanol–water partition coefficient (Wildman–Crippen LogP) is 0.427. The van der Waals surface area contributed by atoms with Crippen LogP contribution < -0.4 is 4.57 Å². The first-order chi connectivity index (χ1) is 9.22. The topological polar surface area (TPSA) is 71.1 Å². The summed E-state index contributed by atoms with van der Waals surface area (Å²) < 4.78 is 1.49. The quantitative estimate of drug-likeness (QED) is 0.622. The van der Waals surface area contributed by atoms with E-state index in [1.165, 1.54) is 17.0 Å². The average Bonchev–Trinajstić information content (AvgIpc) is 2.48. The van der Waals surface area contributed by atoms with Gasteiger partial charge in [-0.3, -0.25) is 14.6 Å². The fourth-order valence-corrected chi connectivity index (χ4v) is 1.71. The molecule has 0 aliphatic heterocycles. The maximum absolute atomic E-state index is 12.1. The summed E-state index contributed by atoms with van der Waals surface area (Å²) in [6.45, 7) is -0.571. The first kappa shape index (κ1) is 13.0. The molecule has 0 radical (unpaired) electrons. The van der Waals surface area contributed by atoms with Gasteiger partial charge in [-0.05, 0) is 0 Å². The average molecular weight is 257 g/mol. The molecule has 19 heavy (non-hydrogen) atoms. The molecule has 0 fully saturated rings. The predicted molar refractivity (Wildman–Crippen MR) is 66.6 cm³/mol. The summed E-state index contributed by atoms with van der Waals surface area (Å²) in [4.78, 5) is 27.4. The van der Waals surface area contributed by atoms with Crippen LogP contribution in [0.25, 0.3) is 0 Å². The van der Waals surface area contributed by atoms with Crippen molar-refractivity contribution in [2.75, 3.05) is 6.61 Å². The zero-order valence-corrected chi connectivity index (χ0v) is 10.2. The fraction of sp³-hybridized carbons (Fsp3) is 0.143. The van der Waals surface area contributed by atoms with Crippen molar-refractivity contribution in [3.63, 3.8) is 0 Å². The first-order valence-corrected chi connectivity index (χ1v) is 5.78. The number of carbonyl (C=O) groups is 2. The summed E-state index contributed by atoms with van der Waals surface area (Å²) in [5.41, 5.74) is 0.795. The number of aliphatic hydroxyl groups excluding tert-OH is 1. The lowest BCUT2D eigenvalue weighted by Gasteiger charge is -2.01. The maximum Gasteiger partial charge on any atom is 0.270 e. The molecule has 0 unspecified atom stereocenters. The van der Waals surface area contributed by atoms with E-state index < -0.39 is 12.4 Å². The van der Waals surface area contributed by atoms with Crippen molar-refractivity contribution >= 4 is 11.6 Å². The van der Waals surface area contributed by atoms with Crippen LogP contribution in [0.15, 0.2) is 48.9 Å². The van der Waals surface area contributed by atoms with Gasteiger partial charge >= 0.3 is 0 Å². The third-order valence-corrected chi connectivity index (χ3v) is 2.68. The van der Waals surface area contributed by atoms with Crippen molar-refractivity contribution in [3.05, 3.63) is 60.2 Å². The minimum atomic E-state index is -0.606. The third-order valence-electron chi connectivity index (χ3n) is 2.68. The zero-order valence-electron chi connectivity index (χ0n) is 10.2. The molecular weight excluding hydrogens is 244 g/mol. The Kier molecular flexibility index (Phi) is 4.10. The Morgan fingerprint density at radius 2 is 1.89 bits per heavy atom. The van der Waals surface area contributed by atoms with Crippen molar-refractivity contribution in [1.82, 2.24) is 4.98 Å². The van der Waals surface area contributed by atoms with Crippen molar-refractivity contribution in [2.24, 2.45) is 0 Å². The Labute approximate surface area is 110 Å². The molecule has 0 saturated heterocycles. The van der Waals surface area contributed by atoms with Gasteiger partial charge in [0.2, 0.25) is 12.3 Å². The summed E-state index contributed by atoms with van der Waals surface area (Å²) in [6, 6.07) is 8.83. The van der Waals surface area contributed by atoms with E-state index in [0.717, 1.165) is 0 Å². The van der Waals surface area contributed by atoms with Gasteiger partial charge in [0.15, 0.2) is 6.20 Å².